The Balaban J connectivity index is 2.47. The Hall–Kier alpha value is -1.88. The molecule has 0 radical (unpaired) electrons. The third-order valence-electron chi connectivity index (χ3n) is 3.53. The minimum absolute atomic E-state index is 0.0499. The summed E-state index contributed by atoms with van der Waals surface area (Å²) in [4.78, 5) is 17.8. The average molecular weight is 276 g/mol. The Morgan fingerprint density at radius 3 is 2.85 bits per heavy atom. The minimum atomic E-state index is -0.979. The van der Waals surface area contributed by atoms with E-state index in [0.29, 0.717) is 18.9 Å². The first-order chi connectivity index (χ1) is 9.67. The van der Waals surface area contributed by atoms with Crippen LogP contribution < -0.4 is 4.90 Å². The quantitative estimate of drug-likeness (QED) is 0.773. The van der Waals surface area contributed by atoms with Crippen LogP contribution >= 0.6 is 0 Å². The van der Waals surface area contributed by atoms with Crippen molar-refractivity contribution < 1.29 is 15.0 Å². The summed E-state index contributed by atoms with van der Waals surface area (Å²) in [5.41, 5.74) is 2.24. The number of aryl methyl sites for hydroxylation is 2. The largest absolute Gasteiger partial charge is 0.478 e. The molecule has 1 aliphatic carbocycles. The van der Waals surface area contributed by atoms with Gasteiger partial charge in [-0.15, -0.1) is 6.58 Å². The van der Waals surface area contributed by atoms with Crippen LogP contribution in [0.1, 0.15) is 34.5 Å². The van der Waals surface area contributed by atoms with Gasteiger partial charge in [-0.3, -0.25) is 0 Å². The number of aromatic carboxylic acids is 1. The molecular weight excluding hydrogens is 256 g/mol. The van der Waals surface area contributed by atoms with Crippen molar-refractivity contribution in [2.75, 3.05) is 24.6 Å². The maximum atomic E-state index is 11.5. The number of aliphatic hydroxyl groups excluding tert-OH is 1. The number of aliphatic hydroxyl groups is 1. The van der Waals surface area contributed by atoms with Crippen LogP contribution in [0.4, 0.5) is 5.82 Å². The van der Waals surface area contributed by atoms with Crippen LogP contribution in [0.15, 0.2) is 18.7 Å². The summed E-state index contributed by atoms with van der Waals surface area (Å²) in [6.07, 6.45) is 5.64. The maximum Gasteiger partial charge on any atom is 0.339 e. The standard InChI is InChI=1S/C15H20N2O3/c1-2-7-17(8-9-18)14-12(15(19)20)10-11-5-3-4-6-13(11)16-14/h2,10,18H,1,3-9H2,(H,19,20). The van der Waals surface area contributed by atoms with Crippen molar-refractivity contribution in [3.63, 3.8) is 0 Å². The van der Waals surface area contributed by atoms with E-state index in [0.717, 1.165) is 36.9 Å². The Labute approximate surface area is 118 Å². The van der Waals surface area contributed by atoms with Crippen molar-refractivity contribution in [1.29, 1.82) is 0 Å². The molecule has 1 aromatic heterocycles. The highest BCUT2D eigenvalue weighted by molar-refractivity contribution is 5.93. The molecule has 2 N–H and O–H groups in total. The first-order valence-electron chi connectivity index (χ1n) is 6.90. The number of aromatic nitrogens is 1. The first kappa shape index (κ1) is 14.5. The predicted molar refractivity (Wildman–Crippen MR) is 77.3 cm³/mol. The maximum absolute atomic E-state index is 11.5. The number of rotatable bonds is 6. The molecule has 0 saturated carbocycles. The molecule has 0 spiro atoms. The second-order valence-electron chi connectivity index (χ2n) is 4.94. The molecule has 0 aliphatic heterocycles. The number of nitrogens with zero attached hydrogens (tertiary/aromatic N) is 2. The molecule has 5 heteroatoms. The lowest BCUT2D eigenvalue weighted by molar-refractivity contribution is 0.0697. The van der Waals surface area contributed by atoms with E-state index in [1.54, 1.807) is 17.0 Å². The second-order valence-corrected chi connectivity index (χ2v) is 4.94. The lowest BCUT2D eigenvalue weighted by Gasteiger charge is -2.25. The molecule has 20 heavy (non-hydrogen) atoms. The van der Waals surface area contributed by atoms with E-state index in [1.807, 2.05) is 0 Å². The zero-order valence-corrected chi connectivity index (χ0v) is 11.5. The number of anilines is 1. The number of carbonyl (C=O) groups is 1. The van der Waals surface area contributed by atoms with Gasteiger partial charge < -0.3 is 15.1 Å². The first-order valence-corrected chi connectivity index (χ1v) is 6.90. The van der Waals surface area contributed by atoms with Gasteiger partial charge in [-0.1, -0.05) is 6.08 Å². The molecule has 1 aromatic rings. The van der Waals surface area contributed by atoms with Gasteiger partial charge in [0.2, 0.25) is 0 Å². The smallest absolute Gasteiger partial charge is 0.339 e. The summed E-state index contributed by atoms with van der Waals surface area (Å²) in [5.74, 6) is -0.542. The van der Waals surface area contributed by atoms with Gasteiger partial charge in [-0.2, -0.15) is 0 Å². The summed E-state index contributed by atoms with van der Waals surface area (Å²) in [6.45, 7) is 4.43. The van der Waals surface area contributed by atoms with Crippen LogP contribution in [0.5, 0.6) is 0 Å². The molecule has 1 aliphatic rings. The van der Waals surface area contributed by atoms with E-state index < -0.39 is 5.97 Å². The number of carboxylic acids is 1. The topological polar surface area (TPSA) is 73.7 Å². The average Bonchev–Trinajstić information content (AvgIpc) is 2.45. The highest BCUT2D eigenvalue weighted by atomic mass is 16.4. The fourth-order valence-electron chi connectivity index (χ4n) is 2.58. The fourth-order valence-corrected chi connectivity index (χ4v) is 2.58. The Bertz CT molecular complexity index is 514. The normalized spacial score (nSPS) is 13.7. The molecule has 0 amide bonds. The number of pyridine rings is 1. The number of hydrogen-bond donors (Lipinski definition) is 2. The van der Waals surface area contributed by atoms with Crippen molar-refractivity contribution >= 4 is 11.8 Å². The van der Waals surface area contributed by atoms with E-state index >= 15 is 0 Å². The lowest BCUT2D eigenvalue weighted by atomic mass is 9.94. The van der Waals surface area contributed by atoms with Gasteiger partial charge in [0.15, 0.2) is 0 Å². The summed E-state index contributed by atoms with van der Waals surface area (Å²) in [6, 6.07) is 1.74. The van der Waals surface area contributed by atoms with E-state index in [-0.39, 0.29) is 12.2 Å². The van der Waals surface area contributed by atoms with Crippen molar-refractivity contribution in [2.45, 2.75) is 25.7 Å². The van der Waals surface area contributed by atoms with Crippen LogP contribution in [0, 0.1) is 0 Å². The molecule has 0 atom stereocenters. The van der Waals surface area contributed by atoms with Gasteiger partial charge in [0.05, 0.1) is 6.61 Å². The number of hydrogen-bond acceptors (Lipinski definition) is 4. The van der Waals surface area contributed by atoms with E-state index in [1.165, 1.54) is 0 Å². The van der Waals surface area contributed by atoms with Crippen molar-refractivity contribution in [3.05, 3.63) is 35.5 Å². The molecule has 2 rings (SSSR count). The van der Waals surface area contributed by atoms with E-state index in [9.17, 15) is 9.90 Å². The number of fused-ring (bicyclic) bond motifs is 1. The zero-order valence-electron chi connectivity index (χ0n) is 11.5. The minimum Gasteiger partial charge on any atom is -0.478 e. The van der Waals surface area contributed by atoms with E-state index in [4.69, 9.17) is 5.11 Å². The molecule has 0 aromatic carbocycles. The molecule has 0 unspecified atom stereocenters. The summed E-state index contributed by atoms with van der Waals surface area (Å²) in [5, 5.41) is 18.5. The van der Waals surface area contributed by atoms with Crippen LogP contribution in [0.2, 0.25) is 0 Å². The Morgan fingerprint density at radius 1 is 1.45 bits per heavy atom. The fraction of sp³-hybridized carbons (Fsp3) is 0.467. The van der Waals surface area contributed by atoms with Gasteiger partial charge in [0.1, 0.15) is 11.4 Å². The molecule has 5 nitrogen and oxygen atoms in total. The van der Waals surface area contributed by atoms with Crippen molar-refractivity contribution in [3.8, 4) is 0 Å². The van der Waals surface area contributed by atoms with E-state index in [2.05, 4.69) is 11.6 Å². The Kier molecular flexibility index (Phi) is 4.74. The molecule has 108 valence electrons. The van der Waals surface area contributed by atoms with Crippen molar-refractivity contribution in [1.82, 2.24) is 4.98 Å². The second kappa shape index (κ2) is 6.52. The van der Waals surface area contributed by atoms with Crippen LogP contribution in [0.3, 0.4) is 0 Å². The summed E-state index contributed by atoms with van der Waals surface area (Å²) < 4.78 is 0. The highest BCUT2D eigenvalue weighted by Gasteiger charge is 2.21. The Morgan fingerprint density at radius 2 is 2.20 bits per heavy atom. The van der Waals surface area contributed by atoms with Gasteiger partial charge >= 0.3 is 5.97 Å². The van der Waals surface area contributed by atoms with Crippen molar-refractivity contribution in [2.24, 2.45) is 0 Å². The van der Waals surface area contributed by atoms with Gasteiger partial charge in [-0.05, 0) is 37.3 Å². The molecular formula is C15H20N2O3. The molecule has 0 saturated heterocycles. The third kappa shape index (κ3) is 2.99. The summed E-state index contributed by atoms with van der Waals surface area (Å²) >= 11 is 0. The van der Waals surface area contributed by atoms with Gasteiger partial charge in [-0.25, -0.2) is 9.78 Å². The highest BCUT2D eigenvalue weighted by Crippen LogP contribution is 2.26. The SMILES string of the molecule is C=CCN(CCO)c1nc2c(cc1C(=O)O)CCCC2. The van der Waals surface area contributed by atoms with Gasteiger partial charge in [0.25, 0.3) is 0 Å². The molecule has 0 fully saturated rings. The number of carboxylic acid groups (broad SMARTS) is 1. The summed E-state index contributed by atoms with van der Waals surface area (Å²) in [7, 11) is 0. The molecule has 1 heterocycles. The lowest BCUT2D eigenvalue weighted by Crippen LogP contribution is -2.30. The molecule has 0 bridgehead atoms. The van der Waals surface area contributed by atoms with Crippen LogP contribution in [-0.4, -0.2) is 40.9 Å². The van der Waals surface area contributed by atoms with Gasteiger partial charge in [0, 0.05) is 18.8 Å². The van der Waals surface area contributed by atoms with Crippen LogP contribution in [-0.2, 0) is 12.8 Å². The predicted octanol–water partition coefficient (Wildman–Crippen LogP) is 1.64. The van der Waals surface area contributed by atoms with Crippen LogP contribution in [0.25, 0.3) is 0 Å². The monoisotopic (exact) mass is 276 g/mol. The zero-order chi connectivity index (χ0) is 14.5. The third-order valence-corrected chi connectivity index (χ3v) is 3.53.